The number of rotatable bonds is 4. The zero-order valence-corrected chi connectivity index (χ0v) is 12.9. The van der Waals surface area contributed by atoms with Crippen molar-refractivity contribution in [2.45, 2.75) is 17.1 Å². The Balaban J connectivity index is 1.99. The molecule has 0 amide bonds. The molecule has 0 radical (unpaired) electrons. The van der Waals surface area contributed by atoms with Crippen LogP contribution in [0.5, 0.6) is 0 Å². The molecule has 0 nitrogen and oxygen atoms in total. The van der Waals surface area contributed by atoms with Crippen molar-refractivity contribution in [3.8, 4) is 0 Å². The van der Waals surface area contributed by atoms with E-state index in [0.717, 1.165) is 0 Å². The van der Waals surface area contributed by atoms with Crippen LogP contribution in [-0.2, 0) is 0 Å². The van der Waals surface area contributed by atoms with E-state index in [9.17, 15) is 0 Å². The van der Waals surface area contributed by atoms with E-state index in [1.165, 1.54) is 21.6 Å². The molecule has 0 aliphatic rings. The fraction of sp³-hybridized carbons (Fsp3) is 0.100. The van der Waals surface area contributed by atoms with Gasteiger partial charge in [0.05, 0.1) is 5.25 Å². The van der Waals surface area contributed by atoms with Gasteiger partial charge in [-0.1, -0.05) is 78.9 Å². The Morgan fingerprint density at radius 2 is 1.10 bits per heavy atom. The van der Waals surface area contributed by atoms with Crippen LogP contribution in [0.15, 0.2) is 89.8 Å². The van der Waals surface area contributed by atoms with E-state index < -0.39 is 0 Å². The van der Waals surface area contributed by atoms with Crippen LogP contribution in [0.1, 0.15) is 21.9 Å². The molecule has 0 bridgehead atoms. The first kappa shape index (κ1) is 14.0. The van der Waals surface area contributed by atoms with Crippen molar-refractivity contribution in [2.24, 2.45) is 0 Å². The van der Waals surface area contributed by atoms with Gasteiger partial charge in [-0.3, -0.25) is 0 Å². The SMILES string of the molecule is Cc1ccccc1SC(c1ccccc1)c1ccccc1. The molecule has 104 valence electrons. The molecule has 0 heterocycles. The van der Waals surface area contributed by atoms with E-state index in [-0.39, 0.29) is 0 Å². The lowest BCUT2D eigenvalue weighted by atomic mass is 10.0. The van der Waals surface area contributed by atoms with Gasteiger partial charge in [0, 0.05) is 4.90 Å². The number of thioether (sulfide) groups is 1. The van der Waals surface area contributed by atoms with E-state index in [1.807, 2.05) is 11.8 Å². The molecule has 0 aliphatic heterocycles. The van der Waals surface area contributed by atoms with Gasteiger partial charge in [0.2, 0.25) is 0 Å². The predicted molar refractivity (Wildman–Crippen MR) is 91.8 cm³/mol. The third-order valence-electron chi connectivity index (χ3n) is 3.54. The van der Waals surface area contributed by atoms with Gasteiger partial charge in [-0.2, -0.15) is 0 Å². The molecule has 3 aromatic carbocycles. The summed E-state index contributed by atoms with van der Waals surface area (Å²) in [4.78, 5) is 1.34. The van der Waals surface area contributed by atoms with Crippen LogP contribution in [0.25, 0.3) is 0 Å². The third kappa shape index (κ3) is 3.37. The fourth-order valence-corrected chi connectivity index (χ4v) is 3.65. The Bertz CT molecular complexity index is 650. The molecule has 0 unspecified atom stereocenters. The highest BCUT2D eigenvalue weighted by Crippen LogP contribution is 2.41. The highest BCUT2D eigenvalue weighted by molar-refractivity contribution is 7.99. The van der Waals surface area contributed by atoms with E-state index >= 15 is 0 Å². The Morgan fingerprint density at radius 3 is 1.62 bits per heavy atom. The summed E-state index contributed by atoms with van der Waals surface area (Å²) in [6.07, 6.45) is 0. The van der Waals surface area contributed by atoms with Crippen LogP contribution in [-0.4, -0.2) is 0 Å². The predicted octanol–water partition coefficient (Wildman–Crippen LogP) is 5.88. The summed E-state index contributed by atoms with van der Waals surface area (Å²) in [6.45, 7) is 2.18. The summed E-state index contributed by atoms with van der Waals surface area (Å²) in [5, 5.41) is 0.327. The maximum Gasteiger partial charge on any atom is 0.0593 e. The Labute approximate surface area is 130 Å². The maximum atomic E-state index is 2.21. The van der Waals surface area contributed by atoms with Crippen molar-refractivity contribution in [3.63, 3.8) is 0 Å². The Morgan fingerprint density at radius 1 is 0.619 bits per heavy atom. The molecule has 0 fully saturated rings. The smallest absolute Gasteiger partial charge is 0.0593 e. The second-order valence-corrected chi connectivity index (χ2v) is 6.23. The van der Waals surface area contributed by atoms with E-state index in [1.54, 1.807) is 0 Å². The van der Waals surface area contributed by atoms with Crippen LogP contribution < -0.4 is 0 Å². The normalized spacial score (nSPS) is 10.8. The molecule has 0 aromatic heterocycles. The molecule has 1 heteroatoms. The topological polar surface area (TPSA) is 0 Å². The lowest BCUT2D eigenvalue weighted by Gasteiger charge is -2.18. The monoisotopic (exact) mass is 290 g/mol. The molecule has 21 heavy (non-hydrogen) atoms. The molecule has 0 saturated heterocycles. The van der Waals surface area contributed by atoms with Crippen LogP contribution in [0.4, 0.5) is 0 Å². The number of benzene rings is 3. The summed E-state index contributed by atoms with van der Waals surface area (Å²) in [5.41, 5.74) is 4.02. The van der Waals surface area contributed by atoms with Crippen molar-refractivity contribution in [3.05, 3.63) is 102 Å². The van der Waals surface area contributed by atoms with Crippen molar-refractivity contribution < 1.29 is 0 Å². The molecule has 0 saturated carbocycles. The van der Waals surface area contributed by atoms with Crippen molar-refractivity contribution in [2.75, 3.05) is 0 Å². The van der Waals surface area contributed by atoms with Crippen LogP contribution in [0, 0.1) is 6.92 Å². The van der Waals surface area contributed by atoms with Crippen molar-refractivity contribution in [1.29, 1.82) is 0 Å². The van der Waals surface area contributed by atoms with Gasteiger partial charge in [-0.25, -0.2) is 0 Å². The summed E-state index contributed by atoms with van der Waals surface area (Å²) >= 11 is 1.92. The molecule has 0 atom stereocenters. The number of aryl methyl sites for hydroxylation is 1. The first-order chi connectivity index (χ1) is 10.3. The third-order valence-corrected chi connectivity index (χ3v) is 5.04. The second kappa shape index (κ2) is 6.64. The van der Waals surface area contributed by atoms with Gasteiger partial charge in [0.1, 0.15) is 0 Å². The van der Waals surface area contributed by atoms with Crippen LogP contribution in [0.2, 0.25) is 0 Å². The van der Waals surface area contributed by atoms with Crippen LogP contribution in [0.3, 0.4) is 0 Å². The number of hydrogen-bond acceptors (Lipinski definition) is 1. The molecule has 0 aliphatic carbocycles. The van der Waals surface area contributed by atoms with Gasteiger partial charge >= 0.3 is 0 Å². The minimum absolute atomic E-state index is 0.327. The van der Waals surface area contributed by atoms with E-state index in [4.69, 9.17) is 0 Å². The number of hydrogen-bond donors (Lipinski definition) is 0. The molecule has 3 aromatic rings. The highest BCUT2D eigenvalue weighted by Gasteiger charge is 2.16. The first-order valence-corrected chi connectivity index (χ1v) is 8.05. The molecule has 3 rings (SSSR count). The largest absolute Gasteiger partial charge is 0.113 e. The fourth-order valence-electron chi connectivity index (χ4n) is 2.40. The average molecular weight is 290 g/mol. The van der Waals surface area contributed by atoms with E-state index in [0.29, 0.717) is 5.25 Å². The average Bonchev–Trinajstić information content (AvgIpc) is 2.56. The van der Waals surface area contributed by atoms with Gasteiger partial charge in [0.15, 0.2) is 0 Å². The quantitative estimate of drug-likeness (QED) is 0.541. The zero-order chi connectivity index (χ0) is 14.5. The Hall–Kier alpha value is -1.99. The standard InChI is InChI=1S/C20H18S/c1-16-10-8-9-15-19(16)21-20(17-11-4-2-5-12-17)18-13-6-3-7-14-18/h2-15,20H,1H3. The Kier molecular flexibility index (Phi) is 4.42. The summed E-state index contributed by atoms with van der Waals surface area (Å²) in [7, 11) is 0. The van der Waals surface area contributed by atoms with Crippen LogP contribution >= 0.6 is 11.8 Å². The summed E-state index contributed by atoms with van der Waals surface area (Å²) in [5.74, 6) is 0. The zero-order valence-electron chi connectivity index (χ0n) is 12.1. The molecular formula is C20H18S. The van der Waals surface area contributed by atoms with Gasteiger partial charge in [0.25, 0.3) is 0 Å². The summed E-state index contributed by atoms with van der Waals surface area (Å²) in [6, 6.07) is 30.0. The lowest BCUT2D eigenvalue weighted by molar-refractivity contribution is 1.14. The van der Waals surface area contributed by atoms with Gasteiger partial charge in [-0.05, 0) is 29.7 Å². The lowest BCUT2D eigenvalue weighted by Crippen LogP contribution is -1.97. The molecule has 0 N–H and O–H groups in total. The highest BCUT2D eigenvalue weighted by atomic mass is 32.2. The van der Waals surface area contributed by atoms with Crippen molar-refractivity contribution in [1.82, 2.24) is 0 Å². The molecule has 0 spiro atoms. The van der Waals surface area contributed by atoms with Crippen molar-refractivity contribution >= 4 is 11.8 Å². The minimum Gasteiger partial charge on any atom is -0.113 e. The first-order valence-electron chi connectivity index (χ1n) is 7.17. The van der Waals surface area contributed by atoms with E-state index in [2.05, 4.69) is 91.9 Å². The summed E-state index contributed by atoms with van der Waals surface area (Å²) < 4.78 is 0. The minimum atomic E-state index is 0.327. The molecular weight excluding hydrogens is 272 g/mol. The van der Waals surface area contributed by atoms with Gasteiger partial charge in [-0.15, -0.1) is 11.8 Å². The maximum absolute atomic E-state index is 2.21. The van der Waals surface area contributed by atoms with Gasteiger partial charge < -0.3 is 0 Å². The second-order valence-electron chi connectivity index (χ2n) is 5.08.